The molecule has 1 aromatic heterocycles. The first-order valence-corrected chi connectivity index (χ1v) is 10.6. The minimum Gasteiger partial charge on any atom is -0.337 e. The molecule has 0 radical (unpaired) electrons. The van der Waals surface area contributed by atoms with E-state index in [0.29, 0.717) is 35.1 Å². The van der Waals surface area contributed by atoms with Crippen molar-refractivity contribution < 1.29 is 14.4 Å². The number of hydrogen-bond donors (Lipinski definition) is 2. The Balaban J connectivity index is 1.50. The van der Waals surface area contributed by atoms with Crippen molar-refractivity contribution in [3.63, 3.8) is 0 Å². The number of para-hydroxylation sites is 1. The van der Waals surface area contributed by atoms with Gasteiger partial charge in [0, 0.05) is 23.8 Å². The number of carbonyl (C=O) groups excluding carboxylic acids is 3. The maximum Gasteiger partial charge on any atom is 0.274 e. The Kier molecular flexibility index (Phi) is 6.47. The van der Waals surface area contributed by atoms with E-state index in [-0.39, 0.29) is 23.2 Å². The van der Waals surface area contributed by atoms with E-state index in [1.807, 2.05) is 0 Å². The van der Waals surface area contributed by atoms with Gasteiger partial charge in [0.2, 0.25) is 0 Å². The molecule has 3 aromatic rings. The van der Waals surface area contributed by atoms with Gasteiger partial charge in [-0.2, -0.15) is 0 Å². The fraction of sp³-hybridized carbons (Fsp3) is 0.167. The Hall–Kier alpha value is -3.71. The molecule has 1 fully saturated rings. The summed E-state index contributed by atoms with van der Waals surface area (Å²) >= 11 is 5.88. The average Bonchev–Trinajstić information content (AvgIpc) is 3.35. The summed E-state index contributed by atoms with van der Waals surface area (Å²) in [5, 5.41) is 6.07. The molecule has 0 aliphatic carbocycles. The summed E-state index contributed by atoms with van der Waals surface area (Å²) in [6.45, 7) is 1.40. The van der Waals surface area contributed by atoms with E-state index < -0.39 is 5.91 Å². The Bertz CT molecular complexity index is 1160. The summed E-state index contributed by atoms with van der Waals surface area (Å²) in [5.74, 6) is -1.07. The zero-order chi connectivity index (χ0) is 22.5. The summed E-state index contributed by atoms with van der Waals surface area (Å²) in [7, 11) is 0. The molecule has 0 bridgehead atoms. The smallest absolute Gasteiger partial charge is 0.274 e. The third kappa shape index (κ3) is 4.95. The highest BCUT2D eigenvalue weighted by Crippen LogP contribution is 2.20. The number of nitrogens with one attached hydrogen (secondary N) is 2. The number of anilines is 2. The van der Waals surface area contributed by atoms with Gasteiger partial charge in [-0.1, -0.05) is 29.8 Å². The number of nitrogens with zero attached hydrogens (tertiary/aromatic N) is 2. The minimum absolute atomic E-state index is 0.1000. The lowest BCUT2D eigenvalue weighted by atomic mass is 10.1. The van der Waals surface area contributed by atoms with Crippen LogP contribution < -0.4 is 10.6 Å². The van der Waals surface area contributed by atoms with Crippen molar-refractivity contribution in [1.29, 1.82) is 0 Å². The van der Waals surface area contributed by atoms with Crippen molar-refractivity contribution in [2.45, 2.75) is 12.8 Å². The van der Waals surface area contributed by atoms with Crippen molar-refractivity contribution in [3.05, 3.63) is 88.7 Å². The van der Waals surface area contributed by atoms with Crippen LogP contribution in [0.25, 0.3) is 0 Å². The summed E-state index contributed by atoms with van der Waals surface area (Å²) in [6.07, 6.45) is 1.95. The number of aromatic nitrogens is 1. The molecule has 0 unspecified atom stereocenters. The Morgan fingerprint density at radius 3 is 2.22 bits per heavy atom. The highest BCUT2D eigenvalue weighted by Gasteiger charge is 2.22. The van der Waals surface area contributed by atoms with Crippen LogP contribution in [0.1, 0.15) is 44.2 Å². The molecule has 1 saturated heterocycles. The number of halogens is 1. The number of carbonyl (C=O) groups is 3. The van der Waals surface area contributed by atoms with E-state index in [1.165, 1.54) is 6.07 Å². The van der Waals surface area contributed by atoms with Crippen LogP contribution in [0.3, 0.4) is 0 Å². The van der Waals surface area contributed by atoms with Crippen LogP contribution >= 0.6 is 11.6 Å². The third-order valence-electron chi connectivity index (χ3n) is 5.12. The molecule has 1 aliphatic rings. The molecule has 2 aromatic carbocycles. The van der Waals surface area contributed by atoms with Crippen molar-refractivity contribution in [2.24, 2.45) is 0 Å². The quantitative estimate of drug-likeness (QED) is 0.602. The van der Waals surface area contributed by atoms with E-state index in [0.717, 1.165) is 12.8 Å². The van der Waals surface area contributed by atoms with Crippen LogP contribution in [-0.2, 0) is 0 Å². The van der Waals surface area contributed by atoms with E-state index in [2.05, 4.69) is 15.6 Å². The van der Waals surface area contributed by atoms with Crippen molar-refractivity contribution in [3.8, 4) is 0 Å². The highest BCUT2D eigenvalue weighted by atomic mass is 35.5. The molecule has 2 N–H and O–H groups in total. The number of pyridine rings is 1. The average molecular weight is 449 g/mol. The Labute approximate surface area is 190 Å². The molecule has 7 nitrogen and oxygen atoms in total. The summed E-state index contributed by atoms with van der Waals surface area (Å²) in [5.41, 5.74) is 1.54. The van der Waals surface area contributed by atoms with E-state index in [1.54, 1.807) is 65.6 Å². The van der Waals surface area contributed by atoms with Crippen molar-refractivity contribution in [1.82, 2.24) is 9.88 Å². The first-order valence-electron chi connectivity index (χ1n) is 10.2. The second-order valence-electron chi connectivity index (χ2n) is 7.37. The lowest BCUT2D eigenvalue weighted by Gasteiger charge is -2.15. The lowest BCUT2D eigenvalue weighted by molar-refractivity contribution is 0.0786. The monoisotopic (exact) mass is 448 g/mol. The predicted octanol–water partition coefficient (Wildman–Crippen LogP) is 4.48. The first-order chi connectivity index (χ1) is 15.5. The predicted molar refractivity (Wildman–Crippen MR) is 123 cm³/mol. The maximum absolute atomic E-state index is 12.8. The van der Waals surface area contributed by atoms with Gasteiger partial charge in [-0.15, -0.1) is 0 Å². The maximum atomic E-state index is 12.8. The zero-order valence-corrected chi connectivity index (χ0v) is 17.9. The van der Waals surface area contributed by atoms with E-state index in [9.17, 15) is 14.4 Å². The Morgan fingerprint density at radius 2 is 1.47 bits per heavy atom. The summed E-state index contributed by atoms with van der Waals surface area (Å²) in [6, 6.07) is 18.2. The van der Waals surface area contributed by atoms with Gasteiger partial charge in [0.1, 0.15) is 11.4 Å². The number of rotatable bonds is 5. The molecule has 4 rings (SSSR count). The van der Waals surface area contributed by atoms with Crippen LogP contribution in [0.4, 0.5) is 11.4 Å². The third-order valence-corrected chi connectivity index (χ3v) is 5.37. The molecule has 8 heteroatoms. The minimum atomic E-state index is -0.507. The second-order valence-corrected chi connectivity index (χ2v) is 7.80. The van der Waals surface area contributed by atoms with Crippen molar-refractivity contribution >= 4 is 40.7 Å². The Morgan fingerprint density at radius 1 is 0.781 bits per heavy atom. The van der Waals surface area contributed by atoms with Crippen LogP contribution in [0.2, 0.25) is 5.02 Å². The largest absolute Gasteiger partial charge is 0.337 e. The van der Waals surface area contributed by atoms with E-state index >= 15 is 0 Å². The topological polar surface area (TPSA) is 91.4 Å². The molecule has 162 valence electrons. The molecule has 1 aliphatic heterocycles. The zero-order valence-electron chi connectivity index (χ0n) is 17.2. The molecular weight excluding hydrogens is 428 g/mol. The molecule has 0 saturated carbocycles. The number of benzene rings is 2. The molecule has 0 atom stereocenters. The SMILES string of the molecule is O=C(Nc1ccccc1C(=O)Nc1ccc(Cl)cc1)c1cccc(C(=O)N2CCCC2)n1. The molecule has 2 heterocycles. The standard InChI is InChI=1S/C24H21ClN4O3/c25-16-10-12-17(13-11-16)26-22(30)18-6-1-2-7-19(18)28-23(31)20-8-5-9-21(27-20)24(32)29-14-3-4-15-29/h1-2,5-13H,3-4,14-15H2,(H,26,30)(H,28,31). The van der Waals surface area contributed by atoms with Crippen LogP contribution in [-0.4, -0.2) is 40.7 Å². The fourth-order valence-corrected chi connectivity index (χ4v) is 3.60. The van der Waals surface area contributed by atoms with Gasteiger partial charge >= 0.3 is 0 Å². The summed E-state index contributed by atoms with van der Waals surface area (Å²) < 4.78 is 0. The lowest BCUT2D eigenvalue weighted by Crippen LogP contribution is -2.29. The molecule has 0 spiro atoms. The molecule has 32 heavy (non-hydrogen) atoms. The number of hydrogen-bond acceptors (Lipinski definition) is 4. The van der Waals surface area contributed by atoms with Gasteiger partial charge in [0.25, 0.3) is 17.7 Å². The number of likely N-dealkylation sites (tertiary alicyclic amines) is 1. The molecular formula is C24H21ClN4O3. The van der Waals surface area contributed by atoms with Crippen LogP contribution in [0, 0.1) is 0 Å². The summed E-state index contributed by atoms with van der Waals surface area (Å²) in [4.78, 5) is 44.2. The van der Waals surface area contributed by atoms with Crippen LogP contribution in [0.5, 0.6) is 0 Å². The second kappa shape index (κ2) is 9.62. The van der Waals surface area contributed by atoms with Crippen molar-refractivity contribution in [2.75, 3.05) is 23.7 Å². The van der Waals surface area contributed by atoms with Gasteiger partial charge in [0.05, 0.1) is 11.3 Å². The fourth-order valence-electron chi connectivity index (χ4n) is 3.47. The van der Waals surface area contributed by atoms with Gasteiger partial charge in [0.15, 0.2) is 0 Å². The van der Waals surface area contributed by atoms with Gasteiger partial charge in [-0.25, -0.2) is 4.98 Å². The first kappa shape index (κ1) is 21.5. The normalized spacial score (nSPS) is 13.0. The highest BCUT2D eigenvalue weighted by molar-refractivity contribution is 6.30. The van der Waals surface area contributed by atoms with Crippen LogP contribution in [0.15, 0.2) is 66.7 Å². The van der Waals surface area contributed by atoms with Gasteiger partial charge < -0.3 is 15.5 Å². The van der Waals surface area contributed by atoms with Gasteiger partial charge in [-0.05, 0) is 61.4 Å². The number of amides is 3. The van der Waals surface area contributed by atoms with E-state index in [4.69, 9.17) is 11.6 Å². The molecule has 3 amide bonds. The van der Waals surface area contributed by atoms with Gasteiger partial charge in [-0.3, -0.25) is 14.4 Å².